The lowest BCUT2D eigenvalue weighted by Crippen LogP contribution is -2.34. The molecule has 0 aromatic carbocycles. The Balaban J connectivity index is 1.71. The number of ether oxygens (including phenoxy) is 1. The minimum absolute atomic E-state index is 0.00914. The van der Waals surface area contributed by atoms with Crippen LogP contribution in [0.2, 0.25) is 0 Å². The molecule has 0 fully saturated rings. The van der Waals surface area contributed by atoms with Gasteiger partial charge in [-0.25, -0.2) is 4.79 Å². The van der Waals surface area contributed by atoms with E-state index in [0.29, 0.717) is 19.0 Å². The van der Waals surface area contributed by atoms with Crippen LogP contribution in [0.3, 0.4) is 0 Å². The molecule has 0 aliphatic carbocycles. The highest BCUT2D eigenvalue weighted by Crippen LogP contribution is 2.24. The van der Waals surface area contributed by atoms with Gasteiger partial charge in [0.05, 0.1) is 37.1 Å². The molecule has 0 saturated carbocycles. The molecule has 2 aromatic rings. The summed E-state index contributed by atoms with van der Waals surface area (Å²) in [5.41, 5.74) is 7.72. The Morgan fingerprint density at radius 3 is 2.81 bits per heavy atom. The van der Waals surface area contributed by atoms with Crippen molar-refractivity contribution in [2.75, 3.05) is 31.3 Å². The minimum Gasteiger partial charge on any atom is -0.475 e. The van der Waals surface area contributed by atoms with Crippen LogP contribution in [0.1, 0.15) is 25.2 Å². The van der Waals surface area contributed by atoms with E-state index < -0.39 is 0 Å². The van der Waals surface area contributed by atoms with Gasteiger partial charge in [0.2, 0.25) is 11.8 Å². The normalized spacial score (nSPS) is 13.4. The highest BCUT2D eigenvalue weighted by atomic mass is 16.5. The van der Waals surface area contributed by atoms with Crippen LogP contribution < -0.4 is 20.7 Å². The van der Waals surface area contributed by atoms with Gasteiger partial charge in [0.1, 0.15) is 5.82 Å². The Kier molecular flexibility index (Phi) is 5.33. The molecule has 10 heteroatoms. The molecule has 1 aliphatic heterocycles. The van der Waals surface area contributed by atoms with E-state index in [0.717, 1.165) is 30.3 Å². The van der Waals surface area contributed by atoms with Crippen LogP contribution in [0.15, 0.2) is 12.1 Å². The molecule has 27 heavy (non-hydrogen) atoms. The van der Waals surface area contributed by atoms with Crippen LogP contribution in [0.25, 0.3) is 0 Å². The number of carbonyl (C=O) groups is 1. The molecule has 0 bridgehead atoms. The molecule has 3 N–H and O–H groups in total. The van der Waals surface area contributed by atoms with E-state index in [2.05, 4.69) is 25.3 Å². The number of hydrogen-bond donors (Lipinski definition) is 2. The van der Waals surface area contributed by atoms with Crippen molar-refractivity contribution in [3.63, 3.8) is 0 Å². The smallest absolute Gasteiger partial charge is 0.317 e. The number of anilines is 2. The molecule has 0 unspecified atom stereocenters. The maximum Gasteiger partial charge on any atom is 0.317 e. The van der Waals surface area contributed by atoms with Gasteiger partial charge in [-0.2, -0.15) is 15.1 Å². The Hall–Kier alpha value is -3.04. The monoisotopic (exact) mass is 374 g/mol. The molecule has 0 saturated heterocycles. The number of nitrogens with zero attached hydrogens (tertiary/aromatic N) is 6. The fraction of sp³-hybridized carbons (Fsp3) is 0.529. The average molecular weight is 374 g/mol. The molecule has 0 radical (unpaired) electrons. The van der Waals surface area contributed by atoms with Gasteiger partial charge in [-0.1, -0.05) is 0 Å². The van der Waals surface area contributed by atoms with Gasteiger partial charge >= 0.3 is 6.03 Å². The standard InChI is InChI=1S/C17H26N8O2/c1-11(2)27-15-8-14(20-16(18)21-15)24-5-6-25-13(10-24)7-12(22-25)9-19-17(26)23(3)4/h7-8,11H,5-6,9-10H2,1-4H3,(H,19,26)(H2,18,20,21). The molecule has 10 nitrogen and oxygen atoms in total. The maximum absolute atomic E-state index is 11.7. The third kappa shape index (κ3) is 4.57. The van der Waals surface area contributed by atoms with Crippen molar-refractivity contribution in [3.8, 4) is 5.88 Å². The van der Waals surface area contributed by atoms with Gasteiger partial charge in [-0.05, 0) is 19.9 Å². The second-order valence-electron chi connectivity index (χ2n) is 6.91. The zero-order valence-corrected chi connectivity index (χ0v) is 16.1. The van der Waals surface area contributed by atoms with Gasteiger partial charge < -0.3 is 25.6 Å². The number of aromatic nitrogens is 4. The number of nitrogens with one attached hydrogen (secondary N) is 1. The summed E-state index contributed by atoms with van der Waals surface area (Å²) in [4.78, 5) is 23.8. The Bertz CT molecular complexity index is 817. The molecule has 2 aromatic heterocycles. The lowest BCUT2D eigenvalue weighted by Gasteiger charge is -2.28. The summed E-state index contributed by atoms with van der Waals surface area (Å²) in [6.07, 6.45) is 0.00914. The first-order valence-electron chi connectivity index (χ1n) is 8.88. The van der Waals surface area contributed by atoms with Crippen molar-refractivity contribution in [1.82, 2.24) is 30.0 Å². The SMILES string of the molecule is CC(C)Oc1cc(N2CCn3nc(CNC(=O)N(C)C)cc3C2)nc(N)n1. The van der Waals surface area contributed by atoms with E-state index in [4.69, 9.17) is 10.5 Å². The van der Waals surface area contributed by atoms with Gasteiger partial charge in [-0.15, -0.1) is 0 Å². The highest BCUT2D eigenvalue weighted by molar-refractivity contribution is 5.73. The van der Waals surface area contributed by atoms with Crippen molar-refractivity contribution < 1.29 is 9.53 Å². The summed E-state index contributed by atoms with van der Waals surface area (Å²) in [6.45, 7) is 6.38. The first-order chi connectivity index (χ1) is 12.8. The number of nitrogen functional groups attached to an aromatic ring is 1. The third-order valence-corrected chi connectivity index (χ3v) is 4.06. The minimum atomic E-state index is -0.142. The Labute approximate surface area is 158 Å². The van der Waals surface area contributed by atoms with Crippen molar-refractivity contribution in [2.24, 2.45) is 0 Å². The van der Waals surface area contributed by atoms with Crippen LogP contribution in [-0.2, 0) is 19.6 Å². The number of carbonyl (C=O) groups excluding carboxylic acids is 1. The molecular weight excluding hydrogens is 348 g/mol. The lowest BCUT2D eigenvalue weighted by molar-refractivity contribution is 0.217. The molecular formula is C17H26N8O2. The molecule has 3 rings (SSSR count). The Morgan fingerprint density at radius 1 is 1.33 bits per heavy atom. The number of amides is 2. The maximum atomic E-state index is 11.7. The van der Waals surface area contributed by atoms with Crippen molar-refractivity contribution in [3.05, 3.63) is 23.5 Å². The summed E-state index contributed by atoms with van der Waals surface area (Å²) >= 11 is 0. The van der Waals surface area contributed by atoms with Crippen LogP contribution in [0.4, 0.5) is 16.6 Å². The number of fused-ring (bicyclic) bond motifs is 1. The average Bonchev–Trinajstić information content (AvgIpc) is 3.00. The van der Waals surface area contributed by atoms with Crippen LogP contribution in [-0.4, -0.2) is 57.4 Å². The molecule has 2 amide bonds. The number of rotatable bonds is 5. The van der Waals surface area contributed by atoms with E-state index in [1.54, 1.807) is 20.2 Å². The first kappa shape index (κ1) is 18.7. The zero-order valence-electron chi connectivity index (χ0n) is 16.1. The second kappa shape index (κ2) is 7.68. The Morgan fingerprint density at radius 2 is 2.11 bits per heavy atom. The van der Waals surface area contributed by atoms with Gasteiger partial charge in [-0.3, -0.25) is 4.68 Å². The number of hydrogen-bond acceptors (Lipinski definition) is 7. The van der Waals surface area contributed by atoms with Crippen molar-refractivity contribution in [1.29, 1.82) is 0 Å². The third-order valence-electron chi connectivity index (χ3n) is 4.06. The van der Waals surface area contributed by atoms with E-state index in [-0.39, 0.29) is 18.1 Å². The van der Waals surface area contributed by atoms with E-state index in [9.17, 15) is 4.79 Å². The molecule has 146 valence electrons. The summed E-state index contributed by atoms with van der Waals surface area (Å²) < 4.78 is 7.62. The fourth-order valence-electron chi connectivity index (χ4n) is 2.83. The fourth-order valence-corrected chi connectivity index (χ4v) is 2.83. The van der Waals surface area contributed by atoms with E-state index in [1.807, 2.05) is 24.6 Å². The molecule has 0 atom stereocenters. The largest absolute Gasteiger partial charge is 0.475 e. The van der Waals surface area contributed by atoms with Crippen molar-refractivity contribution >= 4 is 17.8 Å². The summed E-state index contributed by atoms with van der Waals surface area (Å²) in [7, 11) is 3.41. The predicted octanol–water partition coefficient (Wildman–Crippen LogP) is 0.834. The zero-order chi connectivity index (χ0) is 19.6. The molecule has 1 aliphatic rings. The van der Waals surface area contributed by atoms with Gasteiger partial charge in [0.25, 0.3) is 0 Å². The van der Waals surface area contributed by atoms with E-state index >= 15 is 0 Å². The lowest BCUT2D eigenvalue weighted by atomic mass is 10.2. The second-order valence-corrected chi connectivity index (χ2v) is 6.91. The quantitative estimate of drug-likeness (QED) is 0.797. The van der Waals surface area contributed by atoms with Gasteiger partial charge in [0.15, 0.2) is 0 Å². The summed E-state index contributed by atoms with van der Waals surface area (Å²) in [5, 5.41) is 7.39. The molecule has 3 heterocycles. The molecule has 0 spiro atoms. The van der Waals surface area contributed by atoms with Crippen LogP contribution in [0.5, 0.6) is 5.88 Å². The summed E-state index contributed by atoms with van der Waals surface area (Å²) in [5.74, 6) is 1.39. The highest BCUT2D eigenvalue weighted by Gasteiger charge is 2.21. The topological polar surface area (TPSA) is 114 Å². The number of nitrogens with two attached hydrogens (primary N) is 1. The van der Waals surface area contributed by atoms with Gasteiger partial charge in [0, 0.05) is 26.7 Å². The van der Waals surface area contributed by atoms with Crippen LogP contribution in [0, 0.1) is 0 Å². The summed E-state index contributed by atoms with van der Waals surface area (Å²) in [6, 6.07) is 3.66. The predicted molar refractivity (Wildman–Crippen MR) is 101 cm³/mol. The first-order valence-corrected chi connectivity index (χ1v) is 8.88. The van der Waals surface area contributed by atoms with Crippen molar-refractivity contribution in [2.45, 2.75) is 39.6 Å². The van der Waals surface area contributed by atoms with Crippen LogP contribution >= 0.6 is 0 Å². The number of urea groups is 1. The van der Waals surface area contributed by atoms with E-state index in [1.165, 1.54) is 4.90 Å².